The highest BCUT2D eigenvalue weighted by Crippen LogP contribution is 2.26. The number of nitrogens with zero attached hydrogens (tertiary/aromatic N) is 1. The van der Waals surface area contributed by atoms with Crippen LogP contribution in [0, 0.1) is 0 Å². The Labute approximate surface area is 117 Å². The standard InChI is InChI=1S/C13H15N3O2S/c1-3-18-12(17)10-8(2)15-13(19)16-11(10)9-4-6-14-7-5-9/h4-7,11H,3H2,1-2H3,(H2,15,16,19)/t11-/m1/s1. The van der Waals surface area contributed by atoms with Gasteiger partial charge in [0.1, 0.15) is 0 Å². The van der Waals surface area contributed by atoms with Crippen molar-refractivity contribution in [2.24, 2.45) is 0 Å². The van der Waals surface area contributed by atoms with Gasteiger partial charge in [-0.3, -0.25) is 4.98 Å². The minimum absolute atomic E-state index is 0.309. The van der Waals surface area contributed by atoms with E-state index in [2.05, 4.69) is 15.6 Å². The average molecular weight is 277 g/mol. The van der Waals surface area contributed by atoms with E-state index >= 15 is 0 Å². The van der Waals surface area contributed by atoms with Gasteiger partial charge in [0.2, 0.25) is 0 Å². The molecule has 0 saturated heterocycles. The Morgan fingerprint density at radius 1 is 1.47 bits per heavy atom. The van der Waals surface area contributed by atoms with Gasteiger partial charge in [-0.25, -0.2) is 4.79 Å². The Morgan fingerprint density at radius 3 is 2.79 bits per heavy atom. The van der Waals surface area contributed by atoms with Gasteiger partial charge in [-0.05, 0) is 43.8 Å². The zero-order valence-corrected chi connectivity index (χ0v) is 11.6. The highest BCUT2D eigenvalue weighted by Gasteiger charge is 2.30. The number of esters is 1. The molecule has 1 atom stereocenters. The Balaban J connectivity index is 2.41. The minimum Gasteiger partial charge on any atom is -0.463 e. The van der Waals surface area contributed by atoms with Crippen LogP contribution >= 0.6 is 12.2 Å². The van der Waals surface area contributed by atoms with E-state index in [4.69, 9.17) is 17.0 Å². The van der Waals surface area contributed by atoms with Gasteiger partial charge in [-0.1, -0.05) is 0 Å². The van der Waals surface area contributed by atoms with Crippen LogP contribution in [0.5, 0.6) is 0 Å². The van der Waals surface area contributed by atoms with E-state index in [1.807, 2.05) is 19.1 Å². The second kappa shape index (κ2) is 5.79. The number of allylic oxidation sites excluding steroid dienone is 1. The molecule has 0 saturated carbocycles. The summed E-state index contributed by atoms with van der Waals surface area (Å²) in [5.41, 5.74) is 2.17. The molecular weight excluding hydrogens is 262 g/mol. The van der Waals surface area contributed by atoms with Gasteiger partial charge >= 0.3 is 5.97 Å². The number of thiocarbonyl (C=S) groups is 1. The summed E-state index contributed by atoms with van der Waals surface area (Å²) in [7, 11) is 0. The smallest absolute Gasteiger partial charge is 0.338 e. The Hall–Kier alpha value is -1.95. The van der Waals surface area contributed by atoms with Crippen molar-refractivity contribution in [1.29, 1.82) is 0 Å². The fraction of sp³-hybridized carbons (Fsp3) is 0.308. The van der Waals surface area contributed by atoms with Crippen LogP contribution in [0.3, 0.4) is 0 Å². The predicted molar refractivity (Wildman–Crippen MR) is 75.2 cm³/mol. The minimum atomic E-state index is -0.343. The molecule has 2 heterocycles. The largest absolute Gasteiger partial charge is 0.463 e. The van der Waals surface area contributed by atoms with Gasteiger partial charge in [-0.2, -0.15) is 0 Å². The molecular formula is C13H15N3O2S. The van der Waals surface area contributed by atoms with Crippen LogP contribution in [0.2, 0.25) is 0 Å². The van der Waals surface area contributed by atoms with Crippen molar-refractivity contribution in [3.05, 3.63) is 41.4 Å². The summed E-state index contributed by atoms with van der Waals surface area (Å²) in [4.78, 5) is 16.1. The lowest BCUT2D eigenvalue weighted by Gasteiger charge is -2.29. The number of hydrogen-bond acceptors (Lipinski definition) is 4. The molecule has 0 spiro atoms. The van der Waals surface area contributed by atoms with Crippen LogP contribution < -0.4 is 10.6 Å². The van der Waals surface area contributed by atoms with Crippen LogP contribution in [-0.2, 0) is 9.53 Å². The van der Waals surface area contributed by atoms with Gasteiger partial charge in [0.05, 0.1) is 18.2 Å². The van der Waals surface area contributed by atoms with E-state index in [-0.39, 0.29) is 12.0 Å². The van der Waals surface area contributed by atoms with Crippen molar-refractivity contribution >= 4 is 23.3 Å². The van der Waals surface area contributed by atoms with Gasteiger partial charge < -0.3 is 15.4 Å². The number of carbonyl (C=O) groups is 1. The van der Waals surface area contributed by atoms with E-state index < -0.39 is 0 Å². The first-order chi connectivity index (χ1) is 9.13. The van der Waals surface area contributed by atoms with E-state index in [1.54, 1.807) is 19.3 Å². The molecule has 6 heteroatoms. The average Bonchev–Trinajstić information content (AvgIpc) is 2.39. The maximum atomic E-state index is 12.1. The summed E-state index contributed by atoms with van der Waals surface area (Å²) in [6.45, 7) is 3.93. The maximum Gasteiger partial charge on any atom is 0.338 e. The second-order valence-electron chi connectivity index (χ2n) is 4.07. The lowest BCUT2D eigenvalue weighted by molar-refractivity contribution is -0.139. The van der Waals surface area contributed by atoms with Crippen LogP contribution in [0.1, 0.15) is 25.5 Å². The highest BCUT2D eigenvalue weighted by atomic mass is 32.1. The van der Waals surface area contributed by atoms with Crippen molar-refractivity contribution in [3.8, 4) is 0 Å². The van der Waals surface area contributed by atoms with Gasteiger partial charge in [-0.15, -0.1) is 0 Å². The van der Waals surface area contributed by atoms with Crippen molar-refractivity contribution < 1.29 is 9.53 Å². The molecule has 2 N–H and O–H groups in total. The molecule has 2 rings (SSSR count). The summed E-state index contributed by atoms with van der Waals surface area (Å²) in [6.07, 6.45) is 3.36. The lowest BCUT2D eigenvalue weighted by Crippen LogP contribution is -2.45. The summed E-state index contributed by atoms with van der Waals surface area (Å²) in [5, 5.41) is 6.53. The molecule has 1 aromatic heterocycles. The van der Waals surface area contributed by atoms with E-state index in [9.17, 15) is 4.79 Å². The highest BCUT2D eigenvalue weighted by molar-refractivity contribution is 7.80. The Bertz CT molecular complexity index is 528. The van der Waals surface area contributed by atoms with Gasteiger partial charge in [0.15, 0.2) is 5.11 Å². The first-order valence-electron chi connectivity index (χ1n) is 5.98. The van der Waals surface area contributed by atoms with Crippen LogP contribution in [-0.4, -0.2) is 22.7 Å². The topological polar surface area (TPSA) is 63.2 Å². The monoisotopic (exact) mass is 277 g/mol. The van der Waals surface area contributed by atoms with Crippen molar-refractivity contribution in [2.75, 3.05) is 6.61 Å². The van der Waals surface area contributed by atoms with E-state index in [0.717, 1.165) is 5.56 Å². The SMILES string of the molecule is CCOC(=O)C1=C(C)NC(=S)N[C@@H]1c1ccncc1. The number of carbonyl (C=O) groups excluding carboxylic acids is 1. The normalized spacial score (nSPS) is 18.6. The fourth-order valence-corrected chi connectivity index (χ4v) is 2.25. The van der Waals surface area contributed by atoms with Crippen LogP contribution in [0.15, 0.2) is 35.8 Å². The Morgan fingerprint density at radius 2 is 2.16 bits per heavy atom. The van der Waals surface area contributed by atoms with Gasteiger partial charge in [0, 0.05) is 18.1 Å². The number of nitrogens with one attached hydrogen (secondary N) is 2. The van der Waals surface area contributed by atoms with Crippen molar-refractivity contribution in [1.82, 2.24) is 15.6 Å². The van der Waals surface area contributed by atoms with Crippen molar-refractivity contribution in [2.45, 2.75) is 19.9 Å². The number of pyridine rings is 1. The zero-order chi connectivity index (χ0) is 13.8. The predicted octanol–water partition coefficient (Wildman–Crippen LogP) is 1.44. The van der Waals surface area contributed by atoms with E-state index in [0.29, 0.717) is 23.0 Å². The summed E-state index contributed by atoms with van der Waals surface area (Å²) in [6, 6.07) is 3.38. The molecule has 0 unspecified atom stereocenters. The molecule has 0 fully saturated rings. The molecule has 0 aromatic carbocycles. The molecule has 1 aliphatic rings. The lowest BCUT2D eigenvalue weighted by atomic mass is 9.96. The fourth-order valence-electron chi connectivity index (χ4n) is 1.98. The summed E-state index contributed by atoms with van der Waals surface area (Å²) < 4.78 is 5.10. The third kappa shape index (κ3) is 2.90. The molecule has 5 nitrogen and oxygen atoms in total. The van der Waals surface area contributed by atoms with Gasteiger partial charge in [0.25, 0.3) is 0 Å². The molecule has 0 radical (unpaired) electrons. The van der Waals surface area contributed by atoms with E-state index in [1.165, 1.54) is 0 Å². The molecule has 0 aliphatic carbocycles. The zero-order valence-electron chi connectivity index (χ0n) is 10.8. The molecule has 1 aromatic rings. The third-order valence-electron chi connectivity index (χ3n) is 2.80. The molecule has 0 amide bonds. The summed E-state index contributed by atoms with van der Waals surface area (Å²) in [5.74, 6) is -0.343. The number of rotatable bonds is 3. The Kier molecular flexibility index (Phi) is 4.11. The number of aromatic nitrogens is 1. The van der Waals surface area contributed by atoms with Crippen LogP contribution in [0.4, 0.5) is 0 Å². The molecule has 1 aliphatic heterocycles. The second-order valence-corrected chi connectivity index (χ2v) is 4.48. The molecule has 0 bridgehead atoms. The number of hydrogen-bond donors (Lipinski definition) is 2. The molecule has 100 valence electrons. The first kappa shape index (κ1) is 13.5. The first-order valence-corrected chi connectivity index (χ1v) is 6.39. The number of ether oxygens (including phenoxy) is 1. The molecule has 19 heavy (non-hydrogen) atoms. The summed E-state index contributed by atoms with van der Waals surface area (Å²) >= 11 is 5.14. The van der Waals surface area contributed by atoms with Crippen LogP contribution in [0.25, 0.3) is 0 Å². The third-order valence-corrected chi connectivity index (χ3v) is 3.02. The maximum absolute atomic E-state index is 12.1. The quantitative estimate of drug-likeness (QED) is 0.644. The van der Waals surface area contributed by atoms with Crippen molar-refractivity contribution in [3.63, 3.8) is 0 Å².